The molecule has 0 radical (unpaired) electrons. The fourth-order valence-electron chi connectivity index (χ4n) is 2.91. The third-order valence-electron chi connectivity index (χ3n) is 3.97. The Bertz CT molecular complexity index is 470. The predicted octanol–water partition coefficient (Wildman–Crippen LogP) is 1.67. The standard InChI is InChI=1S/C15H18N2O2/c18-14-12-6-1-2-7-13(12)15(19)17(14)10-11-5-3-4-8-16-9-11/h1-2,6-7,11,16H,3-5,8-10H2. The maximum Gasteiger partial charge on any atom is 0.261 e. The van der Waals surface area contributed by atoms with E-state index in [4.69, 9.17) is 0 Å². The zero-order chi connectivity index (χ0) is 13.2. The van der Waals surface area contributed by atoms with Crippen LogP contribution in [0.15, 0.2) is 24.3 Å². The molecule has 1 fully saturated rings. The van der Waals surface area contributed by atoms with Crippen molar-refractivity contribution in [1.29, 1.82) is 0 Å². The summed E-state index contributed by atoms with van der Waals surface area (Å²) in [6.07, 6.45) is 3.43. The van der Waals surface area contributed by atoms with Crippen molar-refractivity contribution in [2.75, 3.05) is 19.6 Å². The van der Waals surface area contributed by atoms with E-state index in [0.717, 1.165) is 19.5 Å². The first-order valence-corrected chi connectivity index (χ1v) is 6.93. The molecule has 2 aliphatic rings. The van der Waals surface area contributed by atoms with Crippen LogP contribution in [0.3, 0.4) is 0 Å². The highest BCUT2D eigenvalue weighted by Crippen LogP contribution is 2.24. The summed E-state index contributed by atoms with van der Waals surface area (Å²) < 4.78 is 0. The molecule has 1 unspecified atom stereocenters. The van der Waals surface area contributed by atoms with E-state index >= 15 is 0 Å². The molecule has 0 spiro atoms. The van der Waals surface area contributed by atoms with Gasteiger partial charge in [-0.3, -0.25) is 14.5 Å². The third-order valence-corrected chi connectivity index (χ3v) is 3.97. The van der Waals surface area contributed by atoms with Gasteiger partial charge in [-0.05, 0) is 44.0 Å². The first-order valence-electron chi connectivity index (χ1n) is 6.93. The van der Waals surface area contributed by atoms with E-state index in [0.29, 0.717) is 23.6 Å². The van der Waals surface area contributed by atoms with Crippen LogP contribution in [-0.4, -0.2) is 36.3 Å². The van der Waals surface area contributed by atoms with Crippen LogP contribution in [0.1, 0.15) is 40.0 Å². The van der Waals surface area contributed by atoms with E-state index in [1.165, 1.54) is 17.7 Å². The third kappa shape index (κ3) is 2.28. The Balaban J connectivity index is 1.76. The maximum atomic E-state index is 12.3. The largest absolute Gasteiger partial charge is 0.316 e. The molecule has 1 aromatic carbocycles. The zero-order valence-electron chi connectivity index (χ0n) is 10.9. The number of carbonyl (C=O) groups is 2. The lowest BCUT2D eigenvalue weighted by molar-refractivity contribution is 0.0627. The second kappa shape index (κ2) is 5.13. The fourth-order valence-corrected chi connectivity index (χ4v) is 2.91. The molecule has 1 saturated heterocycles. The van der Waals surface area contributed by atoms with Gasteiger partial charge in [0.25, 0.3) is 11.8 Å². The molecular formula is C15H18N2O2. The molecule has 0 aliphatic carbocycles. The van der Waals surface area contributed by atoms with Crippen LogP contribution in [0, 0.1) is 5.92 Å². The molecule has 3 rings (SSSR count). The molecule has 2 amide bonds. The summed E-state index contributed by atoms with van der Waals surface area (Å²) in [6, 6.07) is 7.09. The SMILES string of the molecule is O=C1c2ccccc2C(=O)N1CC1CCCCNC1. The van der Waals surface area contributed by atoms with Gasteiger partial charge < -0.3 is 5.32 Å². The lowest BCUT2D eigenvalue weighted by Crippen LogP contribution is -2.37. The van der Waals surface area contributed by atoms with Crippen LogP contribution in [0.2, 0.25) is 0 Å². The fraction of sp³-hybridized carbons (Fsp3) is 0.467. The van der Waals surface area contributed by atoms with Crippen molar-refractivity contribution in [3.63, 3.8) is 0 Å². The number of hydrogen-bond acceptors (Lipinski definition) is 3. The molecule has 100 valence electrons. The van der Waals surface area contributed by atoms with Crippen molar-refractivity contribution in [3.8, 4) is 0 Å². The molecule has 4 heteroatoms. The zero-order valence-corrected chi connectivity index (χ0v) is 10.9. The second-order valence-corrected chi connectivity index (χ2v) is 5.33. The number of rotatable bonds is 2. The number of hydrogen-bond donors (Lipinski definition) is 1. The van der Waals surface area contributed by atoms with Crippen molar-refractivity contribution >= 4 is 11.8 Å². The number of imide groups is 1. The molecule has 4 nitrogen and oxygen atoms in total. The average Bonchev–Trinajstić information content (AvgIpc) is 2.65. The number of amides is 2. The minimum absolute atomic E-state index is 0.134. The van der Waals surface area contributed by atoms with Gasteiger partial charge in [-0.15, -0.1) is 0 Å². The van der Waals surface area contributed by atoms with Crippen molar-refractivity contribution in [1.82, 2.24) is 10.2 Å². The minimum Gasteiger partial charge on any atom is -0.316 e. The highest BCUT2D eigenvalue weighted by Gasteiger charge is 2.36. The van der Waals surface area contributed by atoms with Crippen LogP contribution < -0.4 is 5.32 Å². The van der Waals surface area contributed by atoms with E-state index in [1.54, 1.807) is 24.3 Å². The molecule has 0 bridgehead atoms. The van der Waals surface area contributed by atoms with Gasteiger partial charge in [0.2, 0.25) is 0 Å². The number of fused-ring (bicyclic) bond motifs is 1. The van der Waals surface area contributed by atoms with E-state index in [1.807, 2.05) is 0 Å². The van der Waals surface area contributed by atoms with Crippen LogP contribution in [0.25, 0.3) is 0 Å². The quantitative estimate of drug-likeness (QED) is 0.821. The number of carbonyl (C=O) groups excluding carboxylic acids is 2. The van der Waals surface area contributed by atoms with E-state index in [9.17, 15) is 9.59 Å². The first kappa shape index (κ1) is 12.4. The first-order chi connectivity index (χ1) is 9.27. The Morgan fingerprint density at radius 1 is 1.11 bits per heavy atom. The summed E-state index contributed by atoms with van der Waals surface area (Å²) in [6.45, 7) is 2.48. The Morgan fingerprint density at radius 3 is 2.47 bits per heavy atom. The topological polar surface area (TPSA) is 49.4 Å². The van der Waals surface area contributed by atoms with Crippen molar-refractivity contribution in [3.05, 3.63) is 35.4 Å². The summed E-state index contributed by atoms with van der Waals surface area (Å²) in [5.41, 5.74) is 1.10. The summed E-state index contributed by atoms with van der Waals surface area (Å²) in [5.74, 6) is 0.111. The maximum absolute atomic E-state index is 12.3. The molecular weight excluding hydrogens is 240 g/mol. The van der Waals surface area contributed by atoms with Gasteiger partial charge in [-0.25, -0.2) is 0 Å². The van der Waals surface area contributed by atoms with E-state index < -0.39 is 0 Å². The molecule has 0 aromatic heterocycles. The summed E-state index contributed by atoms with van der Waals surface area (Å²) in [7, 11) is 0. The molecule has 1 atom stereocenters. The van der Waals surface area contributed by atoms with Crippen molar-refractivity contribution < 1.29 is 9.59 Å². The predicted molar refractivity (Wildman–Crippen MR) is 72.0 cm³/mol. The van der Waals surface area contributed by atoms with Gasteiger partial charge in [-0.2, -0.15) is 0 Å². The lowest BCUT2D eigenvalue weighted by atomic mass is 10.0. The normalized spacial score (nSPS) is 23.4. The van der Waals surface area contributed by atoms with Crippen LogP contribution >= 0.6 is 0 Å². The number of nitrogens with one attached hydrogen (secondary N) is 1. The van der Waals surface area contributed by atoms with Crippen molar-refractivity contribution in [2.24, 2.45) is 5.92 Å². The smallest absolute Gasteiger partial charge is 0.261 e. The molecule has 2 heterocycles. The highest BCUT2D eigenvalue weighted by atomic mass is 16.2. The van der Waals surface area contributed by atoms with Crippen molar-refractivity contribution in [2.45, 2.75) is 19.3 Å². The Kier molecular flexibility index (Phi) is 3.34. The van der Waals surface area contributed by atoms with Gasteiger partial charge in [0.15, 0.2) is 0 Å². The van der Waals surface area contributed by atoms with Gasteiger partial charge in [0.1, 0.15) is 0 Å². The van der Waals surface area contributed by atoms with Crippen LogP contribution in [-0.2, 0) is 0 Å². The average molecular weight is 258 g/mol. The number of nitrogens with zero attached hydrogens (tertiary/aromatic N) is 1. The Hall–Kier alpha value is -1.68. The molecule has 19 heavy (non-hydrogen) atoms. The van der Waals surface area contributed by atoms with Gasteiger partial charge >= 0.3 is 0 Å². The second-order valence-electron chi connectivity index (χ2n) is 5.33. The van der Waals surface area contributed by atoms with Gasteiger partial charge in [0.05, 0.1) is 11.1 Å². The highest BCUT2D eigenvalue weighted by molar-refractivity contribution is 6.21. The number of benzene rings is 1. The lowest BCUT2D eigenvalue weighted by Gasteiger charge is -2.21. The molecule has 1 N–H and O–H groups in total. The summed E-state index contributed by atoms with van der Waals surface area (Å²) >= 11 is 0. The monoisotopic (exact) mass is 258 g/mol. The molecule has 0 saturated carbocycles. The van der Waals surface area contributed by atoms with Crippen LogP contribution in [0.5, 0.6) is 0 Å². The van der Waals surface area contributed by atoms with E-state index in [-0.39, 0.29) is 11.8 Å². The Morgan fingerprint density at radius 2 is 1.79 bits per heavy atom. The van der Waals surface area contributed by atoms with Crippen LogP contribution in [0.4, 0.5) is 0 Å². The minimum atomic E-state index is -0.134. The summed E-state index contributed by atoms with van der Waals surface area (Å²) in [4.78, 5) is 25.9. The van der Waals surface area contributed by atoms with E-state index in [2.05, 4.69) is 5.32 Å². The molecule has 1 aromatic rings. The molecule has 2 aliphatic heterocycles. The van der Waals surface area contributed by atoms with Gasteiger partial charge in [-0.1, -0.05) is 18.6 Å². The summed E-state index contributed by atoms with van der Waals surface area (Å²) in [5, 5.41) is 3.37. The van der Waals surface area contributed by atoms with Gasteiger partial charge in [0, 0.05) is 6.54 Å². The Labute approximate surface area is 112 Å².